The number of carbonyl (C=O) groups excluding carboxylic acids is 1. The number of rotatable bonds is 6. The topological polar surface area (TPSA) is 42.4 Å². The van der Waals surface area contributed by atoms with E-state index in [9.17, 15) is 4.79 Å². The Morgan fingerprint density at radius 2 is 2.19 bits per heavy atom. The standard InChI is InChI=1S/C25H23ClN2O2S2/c1-5-8-21(31-22-15-19(26)11-10-17(22)2)25-18(3)28(14-12-24(29)30-4)23(32-25)16-20-9-6-7-13-27-20/h6-7,9-11,13,15-16H,3,12,14H2,1-2,4H3/b23-16-,25-21+. The number of methoxy groups -OCH3 is 1. The van der Waals surface area contributed by atoms with Crippen LogP contribution in [0.3, 0.4) is 0 Å². The summed E-state index contributed by atoms with van der Waals surface area (Å²) in [5, 5.41) is 1.62. The normalized spacial score (nSPS) is 16.1. The van der Waals surface area contributed by atoms with Crippen molar-refractivity contribution in [3.63, 3.8) is 0 Å². The first-order valence-electron chi connectivity index (χ1n) is 9.88. The summed E-state index contributed by atoms with van der Waals surface area (Å²) in [6.07, 6.45) is 3.99. The predicted molar refractivity (Wildman–Crippen MR) is 135 cm³/mol. The zero-order valence-electron chi connectivity index (χ0n) is 18.1. The van der Waals surface area contributed by atoms with Crippen molar-refractivity contribution in [2.45, 2.75) is 25.2 Å². The van der Waals surface area contributed by atoms with Crippen LogP contribution in [0.15, 0.2) is 74.6 Å². The van der Waals surface area contributed by atoms with E-state index in [1.807, 2.05) is 61.2 Å². The summed E-state index contributed by atoms with van der Waals surface area (Å²) in [6.45, 7) is 8.64. The highest BCUT2D eigenvalue weighted by Gasteiger charge is 2.30. The molecule has 164 valence electrons. The molecule has 0 aliphatic carbocycles. The minimum Gasteiger partial charge on any atom is -0.469 e. The van der Waals surface area contributed by atoms with Crippen LogP contribution in [0.1, 0.15) is 24.6 Å². The third-order valence-electron chi connectivity index (χ3n) is 4.59. The molecule has 7 heteroatoms. The molecular formula is C25H23ClN2O2S2. The van der Waals surface area contributed by atoms with Crippen LogP contribution in [-0.4, -0.2) is 29.5 Å². The molecule has 0 spiro atoms. The van der Waals surface area contributed by atoms with Gasteiger partial charge in [0.05, 0.1) is 39.8 Å². The Bertz CT molecular complexity index is 1150. The molecule has 0 bridgehead atoms. The number of nitrogens with zero attached hydrogens (tertiary/aromatic N) is 2. The van der Waals surface area contributed by atoms with Gasteiger partial charge >= 0.3 is 5.97 Å². The maximum Gasteiger partial charge on any atom is 0.307 e. The van der Waals surface area contributed by atoms with Crippen LogP contribution in [0.5, 0.6) is 0 Å². The van der Waals surface area contributed by atoms with Gasteiger partial charge in [0.2, 0.25) is 0 Å². The van der Waals surface area contributed by atoms with Crippen LogP contribution in [0.4, 0.5) is 0 Å². The van der Waals surface area contributed by atoms with Gasteiger partial charge in [-0.1, -0.05) is 59.8 Å². The molecular weight excluding hydrogens is 460 g/mol. The molecule has 1 aromatic carbocycles. The highest BCUT2D eigenvalue weighted by atomic mass is 35.5. The van der Waals surface area contributed by atoms with Gasteiger partial charge in [-0.3, -0.25) is 9.78 Å². The molecule has 1 saturated heterocycles. The molecule has 0 N–H and O–H groups in total. The van der Waals surface area contributed by atoms with Crippen molar-refractivity contribution >= 4 is 47.2 Å². The zero-order chi connectivity index (χ0) is 23.1. The largest absolute Gasteiger partial charge is 0.469 e. The third-order valence-corrected chi connectivity index (χ3v) is 7.32. The minimum atomic E-state index is -0.269. The number of pyridine rings is 1. The fourth-order valence-electron chi connectivity index (χ4n) is 2.93. The van der Waals surface area contributed by atoms with Crippen molar-refractivity contribution in [3.05, 3.63) is 86.0 Å². The third kappa shape index (κ3) is 6.01. The molecule has 1 fully saturated rings. The van der Waals surface area contributed by atoms with E-state index in [0.29, 0.717) is 11.6 Å². The summed E-state index contributed by atoms with van der Waals surface area (Å²) in [5.41, 5.74) is 2.75. The first-order valence-corrected chi connectivity index (χ1v) is 11.9. The van der Waals surface area contributed by atoms with Crippen LogP contribution >= 0.6 is 35.1 Å². The van der Waals surface area contributed by atoms with Crippen LogP contribution < -0.4 is 0 Å². The number of aromatic nitrogens is 1. The van der Waals surface area contributed by atoms with Gasteiger partial charge in [0.1, 0.15) is 0 Å². The average molecular weight is 483 g/mol. The minimum absolute atomic E-state index is 0.248. The molecule has 1 aliphatic heterocycles. The number of halogens is 1. The van der Waals surface area contributed by atoms with Gasteiger partial charge in [-0.25, -0.2) is 0 Å². The molecule has 0 amide bonds. The van der Waals surface area contributed by atoms with Crippen LogP contribution in [0.25, 0.3) is 6.08 Å². The van der Waals surface area contributed by atoms with E-state index in [2.05, 4.69) is 23.4 Å². The Balaban J connectivity index is 2.02. The molecule has 2 heterocycles. The van der Waals surface area contributed by atoms with Crippen LogP contribution in [0, 0.1) is 18.8 Å². The summed E-state index contributed by atoms with van der Waals surface area (Å²) in [5.74, 6) is 5.99. The lowest BCUT2D eigenvalue weighted by Gasteiger charge is -2.19. The number of esters is 1. The maximum absolute atomic E-state index is 11.8. The monoisotopic (exact) mass is 482 g/mol. The van der Waals surface area contributed by atoms with E-state index in [0.717, 1.165) is 36.7 Å². The quantitative estimate of drug-likeness (QED) is 0.266. The fraction of sp³-hybridized carbons (Fsp3) is 0.200. The number of allylic oxidation sites excluding steroid dienone is 1. The van der Waals surface area contributed by atoms with Crippen molar-refractivity contribution in [3.8, 4) is 11.8 Å². The lowest BCUT2D eigenvalue weighted by Crippen LogP contribution is -2.20. The molecule has 32 heavy (non-hydrogen) atoms. The van der Waals surface area contributed by atoms with Gasteiger partial charge in [0.15, 0.2) is 0 Å². The zero-order valence-corrected chi connectivity index (χ0v) is 20.5. The molecule has 1 aliphatic rings. The Morgan fingerprint density at radius 3 is 2.88 bits per heavy atom. The number of benzene rings is 1. The van der Waals surface area contributed by atoms with Crippen molar-refractivity contribution < 1.29 is 9.53 Å². The lowest BCUT2D eigenvalue weighted by atomic mass is 10.2. The van der Waals surface area contributed by atoms with Crippen LogP contribution in [0.2, 0.25) is 5.02 Å². The average Bonchev–Trinajstić information content (AvgIpc) is 3.09. The second kappa shape index (κ2) is 11.3. The smallest absolute Gasteiger partial charge is 0.307 e. The van der Waals surface area contributed by atoms with Gasteiger partial charge in [-0.15, -0.1) is 5.92 Å². The van der Waals surface area contributed by atoms with E-state index in [4.69, 9.17) is 16.3 Å². The molecule has 3 rings (SSSR count). The number of ether oxygens (including phenoxy) is 1. The number of hydrogen-bond donors (Lipinski definition) is 0. The van der Waals surface area contributed by atoms with Crippen molar-refractivity contribution in [1.82, 2.24) is 9.88 Å². The molecule has 1 aromatic heterocycles. The summed E-state index contributed by atoms with van der Waals surface area (Å²) >= 11 is 9.38. The Kier molecular flexibility index (Phi) is 8.52. The SMILES string of the molecule is C=C1/C(=C(/C#CC)Sc2cc(Cl)ccc2C)S/C(=C\c2ccccn2)N1CCC(=O)OC. The first kappa shape index (κ1) is 24.1. The van der Waals surface area contributed by atoms with Gasteiger partial charge in [0.25, 0.3) is 0 Å². The molecule has 2 aromatic rings. The second-order valence-electron chi connectivity index (χ2n) is 6.81. The highest BCUT2D eigenvalue weighted by Crippen LogP contribution is 2.49. The summed E-state index contributed by atoms with van der Waals surface area (Å²) in [7, 11) is 1.39. The molecule has 0 radical (unpaired) electrons. The highest BCUT2D eigenvalue weighted by molar-refractivity contribution is 8.09. The first-order chi connectivity index (χ1) is 15.4. The van der Waals surface area contributed by atoms with Crippen molar-refractivity contribution in [2.75, 3.05) is 13.7 Å². The van der Waals surface area contributed by atoms with Crippen molar-refractivity contribution in [2.24, 2.45) is 0 Å². The van der Waals surface area contributed by atoms with E-state index in [1.54, 1.807) is 29.7 Å². The number of hydrogen-bond acceptors (Lipinski definition) is 6. The number of thioether (sulfide) groups is 2. The Morgan fingerprint density at radius 1 is 1.38 bits per heavy atom. The molecule has 4 nitrogen and oxygen atoms in total. The molecule has 0 saturated carbocycles. The van der Waals surface area contributed by atoms with Crippen LogP contribution in [-0.2, 0) is 9.53 Å². The van der Waals surface area contributed by atoms with E-state index in [-0.39, 0.29) is 12.4 Å². The van der Waals surface area contributed by atoms with E-state index < -0.39 is 0 Å². The van der Waals surface area contributed by atoms with Crippen molar-refractivity contribution in [1.29, 1.82) is 0 Å². The predicted octanol–water partition coefficient (Wildman–Crippen LogP) is 6.49. The summed E-state index contributed by atoms with van der Waals surface area (Å²) in [4.78, 5) is 21.1. The second-order valence-corrected chi connectivity index (χ2v) is 9.33. The number of aryl methyl sites for hydroxylation is 1. The lowest BCUT2D eigenvalue weighted by molar-refractivity contribution is -0.140. The van der Waals surface area contributed by atoms with Gasteiger partial charge < -0.3 is 9.64 Å². The van der Waals surface area contributed by atoms with E-state index >= 15 is 0 Å². The fourth-order valence-corrected chi connectivity index (χ4v) is 5.49. The van der Waals surface area contributed by atoms with Gasteiger partial charge in [-0.05, 0) is 49.8 Å². The summed E-state index contributed by atoms with van der Waals surface area (Å²) in [6, 6.07) is 11.6. The van der Waals surface area contributed by atoms with E-state index in [1.165, 1.54) is 7.11 Å². The number of carbonyl (C=O) groups is 1. The Hall–Kier alpha value is -2.59. The Labute approximate surface area is 202 Å². The molecule has 0 atom stereocenters. The molecule has 0 unspecified atom stereocenters. The van der Waals surface area contributed by atoms with Gasteiger partial charge in [-0.2, -0.15) is 0 Å². The summed E-state index contributed by atoms with van der Waals surface area (Å²) < 4.78 is 4.83. The maximum atomic E-state index is 11.8. The van der Waals surface area contributed by atoms with Gasteiger partial charge in [0, 0.05) is 22.7 Å².